The number of ether oxygens (including phenoxy) is 1. The van der Waals surface area contributed by atoms with Crippen LogP contribution in [0.25, 0.3) is 0 Å². The standard InChI is InChI=1S/C15H18BrN3O/c1-10-4-3-5-12(8-10)20-7-6-18-15-14(16)11(2)13(17)9-19-15/h3-5,8-9H,6-7,17H2,1-2H3,(H,18,19). The Labute approximate surface area is 127 Å². The van der Waals surface area contributed by atoms with Crippen LogP contribution in [0, 0.1) is 13.8 Å². The molecule has 20 heavy (non-hydrogen) atoms. The molecule has 0 saturated heterocycles. The molecule has 0 spiro atoms. The summed E-state index contributed by atoms with van der Waals surface area (Å²) in [5.74, 6) is 1.66. The number of nitrogens with two attached hydrogens (primary N) is 1. The summed E-state index contributed by atoms with van der Waals surface area (Å²) < 4.78 is 6.57. The number of nitrogen functional groups attached to an aromatic ring is 1. The Morgan fingerprint density at radius 1 is 1.35 bits per heavy atom. The van der Waals surface area contributed by atoms with Gasteiger partial charge in [-0.1, -0.05) is 12.1 Å². The lowest BCUT2D eigenvalue weighted by molar-refractivity contribution is 0.332. The highest BCUT2D eigenvalue weighted by molar-refractivity contribution is 9.10. The first-order valence-electron chi connectivity index (χ1n) is 6.42. The summed E-state index contributed by atoms with van der Waals surface area (Å²) in [5.41, 5.74) is 8.65. The number of pyridine rings is 1. The van der Waals surface area contributed by atoms with Crippen LogP contribution in [0.4, 0.5) is 11.5 Å². The van der Waals surface area contributed by atoms with E-state index in [4.69, 9.17) is 10.5 Å². The molecule has 1 aromatic heterocycles. The Hall–Kier alpha value is -1.75. The summed E-state index contributed by atoms with van der Waals surface area (Å²) in [6.07, 6.45) is 1.66. The molecule has 0 radical (unpaired) electrons. The molecular weight excluding hydrogens is 318 g/mol. The number of benzene rings is 1. The molecule has 1 aromatic carbocycles. The van der Waals surface area contributed by atoms with E-state index in [0.717, 1.165) is 21.6 Å². The van der Waals surface area contributed by atoms with Gasteiger partial charge in [0.2, 0.25) is 0 Å². The third kappa shape index (κ3) is 3.63. The van der Waals surface area contributed by atoms with Gasteiger partial charge in [-0.3, -0.25) is 0 Å². The van der Waals surface area contributed by atoms with Crippen LogP contribution in [0.2, 0.25) is 0 Å². The van der Waals surface area contributed by atoms with Crippen LogP contribution in [0.3, 0.4) is 0 Å². The monoisotopic (exact) mass is 335 g/mol. The molecule has 3 N–H and O–H groups in total. The second-order valence-electron chi connectivity index (χ2n) is 4.59. The van der Waals surface area contributed by atoms with E-state index in [0.29, 0.717) is 18.8 Å². The smallest absolute Gasteiger partial charge is 0.140 e. The third-order valence-corrected chi connectivity index (χ3v) is 3.93. The summed E-state index contributed by atoms with van der Waals surface area (Å²) in [7, 11) is 0. The van der Waals surface area contributed by atoms with Crippen molar-refractivity contribution in [3.63, 3.8) is 0 Å². The van der Waals surface area contributed by atoms with Crippen LogP contribution < -0.4 is 15.8 Å². The van der Waals surface area contributed by atoms with Crippen LogP contribution in [0.5, 0.6) is 5.75 Å². The number of aryl methyl sites for hydroxylation is 1. The molecule has 0 fully saturated rings. The van der Waals surface area contributed by atoms with Gasteiger partial charge in [0, 0.05) is 0 Å². The van der Waals surface area contributed by atoms with Gasteiger partial charge < -0.3 is 15.8 Å². The van der Waals surface area contributed by atoms with E-state index < -0.39 is 0 Å². The van der Waals surface area contributed by atoms with Crippen molar-refractivity contribution in [2.75, 3.05) is 24.2 Å². The summed E-state index contributed by atoms with van der Waals surface area (Å²) >= 11 is 3.49. The van der Waals surface area contributed by atoms with Gasteiger partial charge in [0.1, 0.15) is 18.2 Å². The van der Waals surface area contributed by atoms with Gasteiger partial charge in [0.15, 0.2) is 0 Å². The van der Waals surface area contributed by atoms with E-state index in [-0.39, 0.29) is 0 Å². The zero-order valence-corrected chi connectivity index (χ0v) is 13.2. The topological polar surface area (TPSA) is 60.2 Å². The average Bonchev–Trinajstić information content (AvgIpc) is 2.43. The predicted octanol–water partition coefficient (Wildman–Crippen LogP) is 3.53. The molecule has 1 heterocycles. The molecule has 0 atom stereocenters. The van der Waals surface area contributed by atoms with Crippen LogP contribution >= 0.6 is 15.9 Å². The van der Waals surface area contributed by atoms with E-state index in [2.05, 4.69) is 26.2 Å². The van der Waals surface area contributed by atoms with Gasteiger partial charge in [0.05, 0.1) is 22.9 Å². The van der Waals surface area contributed by atoms with Crippen LogP contribution in [0.1, 0.15) is 11.1 Å². The normalized spacial score (nSPS) is 10.3. The molecular formula is C15H18BrN3O. The van der Waals surface area contributed by atoms with E-state index in [9.17, 15) is 0 Å². The summed E-state index contributed by atoms with van der Waals surface area (Å²) in [5, 5.41) is 3.23. The van der Waals surface area contributed by atoms with E-state index in [1.54, 1.807) is 6.20 Å². The minimum Gasteiger partial charge on any atom is -0.492 e. The highest BCUT2D eigenvalue weighted by Crippen LogP contribution is 2.27. The van der Waals surface area contributed by atoms with Gasteiger partial charge in [0.25, 0.3) is 0 Å². The Bertz CT molecular complexity index is 602. The van der Waals surface area contributed by atoms with E-state index in [1.807, 2.05) is 38.1 Å². The number of hydrogen-bond acceptors (Lipinski definition) is 4. The largest absolute Gasteiger partial charge is 0.492 e. The van der Waals surface area contributed by atoms with Crippen molar-refractivity contribution in [3.8, 4) is 5.75 Å². The van der Waals surface area contributed by atoms with Gasteiger partial charge in [-0.2, -0.15) is 0 Å². The van der Waals surface area contributed by atoms with Gasteiger partial charge in [-0.05, 0) is 53.0 Å². The van der Waals surface area contributed by atoms with Crippen molar-refractivity contribution < 1.29 is 4.74 Å². The number of rotatable bonds is 5. The van der Waals surface area contributed by atoms with Crippen molar-refractivity contribution in [1.29, 1.82) is 0 Å². The highest BCUT2D eigenvalue weighted by Gasteiger charge is 2.06. The molecule has 106 valence electrons. The Morgan fingerprint density at radius 3 is 2.90 bits per heavy atom. The number of nitrogens with one attached hydrogen (secondary N) is 1. The van der Waals surface area contributed by atoms with Crippen LogP contribution in [-0.4, -0.2) is 18.1 Å². The molecule has 0 aliphatic carbocycles. The van der Waals surface area contributed by atoms with Crippen LogP contribution in [-0.2, 0) is 0 Å². The first-order chi connectivity index (χ1) is 9.58. The second-order valence-corrected chi connectivity index (χ2v) is 5.39. The lowest BCUT2D eigenvalue weighted by atomic mass is 10.2. The Kier molecular flexibility index (Phi) is 4.84. The van der Waals surface area contributed by atoms with Gasteiger partial charge in [-0.15, -0.1) is 0 Å². The maximum absolute atomic E-state index is 5.79. The zero-order valence-electron chi connectivity index (χ0n) is 11.6. The van der Waals surface area contributed by atoms with Crippen LogP contribution in [0.15, 0.2) is 34.9 Å². The number of anilines is 2. The highest BCUT2D eigenvalue weighted by atomic mass is 79.9. The van der Waals surface area contributed by atoms with Crippen molar-refractivity contribution in [2.24, 2.45) is 0 Å². The molecule has 2 rings (SSSR count). The summed E-state index contributed by atoms with van der Waals surface area (Å²) in [6.45, 7) is 5.24. The quantitative estimate of drug-likeness (QED) is 0.820. The fourth-order valence-electron chi connectivity index (χ4n) is 1.76. The fraction of sp³-hybridized carbons (Fsp3) is 0.267. The summed E-state index contributed by atoms with van der Waals surface area (Å²) in [4.78, 5) is 4.26. The first-order valence-corrected chi connectivity index (χ1v) is 7.21. The minimum absolute atomic E-state index is 0.570. The average molecular weight is 336 g/mol. The SMILES string of the molecule is Cc1cccc(OCCNc2ncc(N)c(C)c2Br)c1. The second kappa shape index (κ2) is 6.61. The first kappa shape index (κ1) is 14.7. The van der Waals surface area contributed by atoms with E-state index >= 15 is 0 Å². The Balaban J connectivity index is 1.86. The fourth-order valence-corrected chi connectivity index (χ4v) is 2.23. The molecule has 0 amide bonds. The van der Waals surface area contributed by atoms with Crippen molar-refractivity contribution >= 4 is 27.4 Å². The van der Waals surface area contributed by atoms with Gasteiger partial charge in [-0.25, -0.2) is 4.98 Å². The molecule has 0 aliphatic heterocycles. The molecule has 0 aliphatic rings. The van der Waals surface area contributed by atoms with E-state index in [1.165, 1.54) is 5.56 Å². The molecule has 0 saturated carbocycles. The number of aromatic nitrogens is 1. The molecule has 0 bridgehead atoms. The minimum atomic E-state index is 0.570. The zero-order chi connectivity index (χ0) is 14.5. The number of halogens is 1. The lowest BCUT2D eigenvalue weighted by Crippen LogP contribution is -2.13. The Morgan fingerprint density at radius 2 is 2.15 bits per heavy atom. The van der Waals surface area contributed by atoms with Crippen molar-refractivity contribution in [2.45, 2.75) is 13.8 Å². The number of hydrogen-bond donors (Lipinski definition) is 2. The molecule has 4 nitrogen and oxygen atoms in total. The third-order valence-electron chi connectivity index (χ3n) is 2.96. The lowest BCUT2D eigenvalue weighted by Gasteiger charge is -2.11. The van der Waals surface area contributed by atoms with Crippen molar-refractivity contribution in [3.05, 3.63) is 46.1 Å². The molecule has 2 aromatic rings. The summed E-state index contributed by atoms with van der Waals surface area (Å²) in [6, 6.07) is 8.00. The number of nitrogens with zero attached hydrogens (tertiary/aromatic N) is 1. The molecule has 0 unspecified atom stereocenters. The van der Waals surface area contributed by atoms with Crippen molar-refractivity contribution in [1.82, 2.24) is 4.98 Å². The van der Waals surface area contributed by atoms with Gasteiger partial charge >= 0.3 is 0 Å². The maximum Gasteiger partial charge on any atom is 0.140 e. The molecule has 5 heteroatoms. The predicted molar refractivity (Wildman–Crippen MR) is 86.3 cm³/mol. The maximum atomic E-state index is 5.79.